The van der Waals surface area contributed by atoms with E-state index >= 15 is 0 Å². The summed E-state index contributed by atoms with van der Waals surface area (Å²) in [4.78, 5) is 4.62. The molecule has 6 heteroatoms. The minimum Gasteiger partial charge on any atom is -0.392 e. The van der Waals surface area contributed by atoms with E-state index in [-0.39, 0.29) is 18.3 Å². The first-order chi connectivity index (χ1) is 30.4. The Hall–Kier alpha value is -1.80. The summed E-state index contributed by atoms with van der Waals surface area (Å²) < 4.78 is 0. The molecule has 362 valence electrons. The maximum absolute atomic E-state index is 11.1. The van der Waals surface area contributed by atoms with Gasteiger partial charge in [-0.15, -0.1) is 0 Å². The third kappa shape index (κ3) is 47.7. The van der Waals surface area contributed by atoms with Gasteiger partial charge in [0, 0.05) is 45.8 Å². The van der Waals surface area contributed by atoms with Gasteiger partial charge in [-0.2, -0.15) is 0 Å². The molecule has 0 aromatic rings. The summed E-state index contributed by atoms with van der Waals surface area (Å²) in [5, 5.41) is 36.1. The van der Waals surface area contributed by atoms with Crippen molar-refractivity contribution in [1.29, 1.82) is 0 Å². The Morgan fingerprint density at radius 1 is 0.387 bits per heavy atom. The zero-order valence-electron chi connectivity index (χ0n) is 41.6. The average molecular weight is 868 g/mol. The molecule has 0 aromatic carbocycles. The molecule has 0 spiro atoms. The smallest absolute Gasteiger partial charge is 0.0667 e. The van der Waals surface area contributed by atoms with Crippen LogP contribution in [0.1, 0.15) is 213 Å². The molecule has 0 fully saturated rings. The summed E-state index contributed by atoms with van der Waals surface area (Å²) in [5.41, 5.74) is 0. The summed E-state index contributed by atoms with van der Waals surface area (Å²) in [7, 11) is 2.15. The van der Waals surface area contributed by atoms with Crippen molar-refractivity contribution in [2.75, 3.05) is 52.9 Å². The third-order valence-electron chi connectivity index (χ3n) is 11.8. The number of unbranched alkanes of at least 4 members (excludes halogenated alkanes) is 18. The molecule has 0 aliphatic rings. The molecule has 0 saturated heterocycles. The SMILES string of the molecule is CCCCC/C=C\C/C=C\CCCCCC(O)CNCCN(C)CCN(CC(O)CCCCC/C=C\C/C=C\CCCCC)CC(O)CCCCC/C=C\C/C=C\CCCCC. The Morgan fingerprint density at radius 2 is 0.726 bits per heavy atom. The molecule has 0 radical (unpaired) electrons. The first kappa shape index (κ1) is 60.2. The maximum Gasteiger partial charge on any atom is 0.0667 e. The van der Waals surface area contributed by atoms with Gasteiger partial charge in [-0.1, -0.05) is 171 Å². The van der Waals surface area contributed by atoms with Crippen LogP contribution in [-0.4, -0.2) is 96.3 Å². The monoisotopic (exact) mass is 868 g/mol. The van der Waals surface area contributed by atoms with Crippen molar-refractivity contribution < 1.29 is 15.3 Å². The van der Waals surface area contributed by atoms with Gasteiger partial charge >= 0.3 is 0 Å². The Balaban J connectivity index is 4.51. The fourth-order valence-electron chi connectivity index (χ4n) is 7.61. The Morgan fingerprint density at radius 3 is 1.08 bits per heavy atom. The van der Waals surface area contributed by atoms with Crippen LogP contribution >= 0.6 is 0 Å². The highest BCUT2D eigenvalue weighted by Gasteiger charge is 2.16. The van der Waals surface area contributed by atoms with E-state index in [0.29, 0.717) is 19.6 Å². The highest BCUT2D eigenvalue weighted by molar-refractivity contribution is 4.94. The van der Waals surface area contributed by atoms with E-state index in [2.05, 4.69) is 116 Å². The Bertz CT molecular complexity index is 1020. The first-order valence-corrected chi connectivity index (χ1v) is 26.5. The largest absolute Gasteiger partial charge is 0.392 e. The lowest BCUT2D eigenvalue weighted by molar-refractivity contribution is 0.0564. The van der Waals surface area contributed by atoms with E-state index in [1.54, 1.807) is 0 Å². The number of rotatable bonds is 48. The van der Waals surface area contributed by atoms with Crippen LogP contribution in [0.5, 0.6) is 0 Å². The van der Waals surface area contributed by atoms with Crippen molar-refractivity contribution in [3.05, 3.63) is 72.9 Å². The van der Waals surface area contributed by atoms with Crippen molar-refractivity contribution in [1.82, 2.24) is 15.1 Å². The van der Waals surface area contributed by atoms with Gasteiger partial charge in [0.2, 0.25) is 0 Å². The van der Waals surface area contributed by atoms with Crippen molar-refractivity contribution in [2.45, 2.75) is 232 Å². The van der Waals surface area contributed by atoms with Gasteiger partial charge in [-0.25, -0.2) is 0 Å². The van der Waals surface area contributed by atoms with Crippen molar-refractivity contribution >= 4 is 0 Å². The molecule has 6 nitrogen and oxygen atoms in total. The second-order valence-corrected chi connectivity index (χ2v) is 18.2. The van der Waals surface area contributed by atoms with Crippen molar-refractivity contribution in [3.8, 4) is 0 Å². The number of likely N-dealkylation sites (N-methyl/N-ethyl adjacent to an activating group) is 1. The molecule has 0 aromatic heterocycles. The molecule has 3 unspecified atom stereocenters. The number of hydrogen-bond donors (Lipinski definition) is 4. The van der Waals surface area contributed by atoms with Gasteiger partial charge in [0.1, 0.15) is 0 Å². The lowest BCUT2D eigenvalue weighted by Gasteiger charge is -2.29. The lowest BCUT2D eigenvalue weighted by atomic mass is 10.1. The highest BCUT2D eigenvalue weighted by Crippen LogP contribution is 2.12. The topological polar surface area (TPSA) is 79.2 Å². The molecule has 62 heavy (non-hydrogen) atoms. The minimum absolute atomic E-state index is 0.292. The predicted molar refractivity (Wildman–Crippen MR) is 275 cm³/mol. The van der Waals surface area contributed by atoms with Crippen LogP contribution in [0.3, 0.4) is 0 Å². The fourth-order valence-corrected chi connectivity index (χ4v) is 7.61. The molecule has 0 aliphatic carbocycles. The molecule has 0 saturated carbocycles. The molecular weight excluding hydrogens is 763 g/mol. The summed E-state index contributed by atoms with van der Waals surface area (Å²) in [6.07, 6.45) is 61.0. The van der Waals surface area contributed by atoms with E-state index in [0.717, 1.165) is 116 Å². The number of allylic oxidation sites excluding steroid dienone is 12. The van der Waals surface area contributed by atoms with Crippen LogP contribution in [0.2, 0.25) is 0 Å². The van der Waals surface area contributed by atoms with Crippen LogP contribution in [-0.2, 0) is 0 Å². The van der Waals surface area contributed by atoms with E-state index in [4.69, 9.17) is 0 Å². The van der Waals surface area contributed by atoms with Crippen LogP contribution in [0.15, 0.2) is 72.9 Å². The van der Waals surface area contributed by atoms with E-state index < -0.39 is 0 Å². The molecule has 4 N–H and O–H groups in total. The van der Waals surface area contributed by atoms with Gasteiger partial charge in [0.25, 0.3) is 0 Å². The zero-order chi connectivity index (χ0) is 45.2. The van der Waals surface area contributed by atoms with Gasteiger partial charge in [0.15, 0.2) is 0 Å². The standard InChI is InChI=1S/C56H105N3O3/c1-5-8-11-14-17-20-23-26-29-32-35-38-41-44-54(60)51-57-47-48-58(4)49-50-59(52-55(61)45-42-39-36-33-30-27-24-21-18-15-12-9-6-2)53-56(62)46-43-40-37-34-31-28-25-22-19-16-13-10-7-3/h17-22,26-31,54-57,60-62H,5-16,23-25,32-53H2,1-4H3/b20-17-,21-18-,22-19-,29-26-,30-27-,31-28-. The minimum atomic E-state index is -0.370. The second kappa shape index (κ2) is 50.2. The first-order valence-electron chi connectivity index (χ1n) is 26.5. The zero-order valence-corrected chi connectivity index (χ0v) is 41.6. The van der Waals surface area contributed by atoms with E-state index in [1.165, 1.54) is 103 Å². The number of aliphatic hydroxyl groups is 3. The second-order valence-electron chi connectivity index (χ2n) is 18.2. The van der Waals surface area contributed by atoms with Crippen molar-refractivity contribution in [3.63, 3.8) is 0 Å². The summed E-state index contributed by atoms with van der Waals surface area (Å²) in [6.45, 7) is 12.1. The van der Waals surface area contributed by atoms with E-state index in [1.807, 2.05) is 0 Å². The van der Waals surface area contributed by atoms with E-state index in [9.17, 15) is 15.3 Å². The van der Waals surface area contributed by atoms with Crippen LogP contribution in [0, 0.1) is 0 Å². The third-order valence-corrected chi connectivity index (χ3v) is 11.8. The summed E-state index contributed by atoms with van der Waals surface area (Å²) in [6, 6.07) is 0. The molecule has 0 bridgehead atoms. The molecule has 0 rings (SSSR count). The number of nitrogens with zero attached hydrogens (tertiary/aromatic N) is 2. The molecule has 3 atom stereocenters. The summed E-state index contributed by atoms with van der Waals surface area (Å²) in [5.74, 6) is 0. The fraction of sp³-hybridized carbons (Fsp3) is 0.786. The van der Waals surface area contributed by atoms with Crippen LogP contribution in [0.4, 0.5) is 0 Å². The van der Waals surface area contributed by atoms with Crippen LogP contribution < -0.4 is 5.32 Å². The quantitative estimate of drug-likeness (QED) is 0.0360. The van der Waals surface area contributed by atoms with Gasteiger partial charge < -0.3 is 25.5 Å². The molecule has 0 heterocycles. The number of aliphatic hydroxyl groups excluding tert-OH is 3. The van der Waals surface area contributed by atoms with Gasteiger partial charge in [-0.3, -0.25) is 4.90 Å². The molecule has 0 amide bonds. The number of hydrogen-bond acceptors (Lipinski definition) is 6. The Kier molecular flexibility index (Phi) is 48.7. The molecule has 0 aliphatic heterocycles. The average Bonchev–Trinajstić information content (AvgIpc) is 3.26. The Labute approximate surface area is 386 Å². The normalized spacial score (nSPS) is 14.3. The van der Waals surface area contributed by atoms with Gasteiger partial charge in [-0.05, 0) is 123 Å². The maximum atomic E-state index is 11.1. The molecular formula is C56H105N3O3. The van der Waals surface area contributed by atoms with Crippen LogP contribution in [0.25, 0.3) is 0 Å². The number of nitrogens with one attached hydrogen (secondary N) is 1. The lowest BCUT2D eigenvalue weighted by Crippen LogP contribution is -2.43. The summed E-state index contributed by atoms with van der Waals surface area (Å²) >= 11 is 0. The van der Waals surface area contributed by atoms with Gasteiger partial charge in [0.05, 0.1) is 18.3 Å². The highest BCUT2D eigenvalue weighted by atomic mass is 16.3. The van der Waals surface area contributed by atoms with Crippen molar-refractivity contribution in [2.24, 2.45) is 0 Å². The predicted octanol–water partition coefficient (Wildman–Crippen LogP) is 14.0.